The molecule has 27 heavy (non-hydrogen) atoms. The van der Waals surface area contributed by atoms with Crippen LogP contribution in [0.3, 0.4) is 0 Å². The number of morpholine rings is 1. The molecule has 0 atom stereocenters. The van der Waals surface area contributed by atoms with Gasteiger partial charge >= 0.3 is 6.03 Å². The first-order valence-electron chi connectivity index (χ1n) is 9.95. The molecule has 0 spiro atoms. The summed E-state index contributed by atoms with van der Waals surface area (Å²) in [5.41, 5.74) is 0.716. The van der Waals surface area contributed by atoms with Crippen LogP contribution in [0.4, 0.5) is 10.5 Å². The first-order valence-corrected chi connectivity index (χ1v) is 9.95. The molecule has 0 bridgehead atoms. The van der Waals surface area contributed by atoms with Crippen LogP contribution in [0.2, 0.25) is 0 Å². The van der Waals surface area contributed by atoms with Crippen LogP contribution in [0.25, 0.3) is 0 Å². The normalized spacial score (nSPS) is 18.9. The smallest absolute Gasteiger partial charge is 0.322 e. The number of nitrogens with zero attached hydrogens (tertiary/aromatic N) is 2. The largest absolute Gasteiger partial charge is 0.492 e. The van der Waals surface area contributed by atoms with E-state index in [0.717, 1.165) is 45.7 Å². The Kier molecular flexibility index (Phi) is 7.74. The first kappa shape index (κ1) is 19.9. The minimum Gasteiger partial charge on any atom is -0.492 e. The van der Waals surface area contributed by atoms with E-state index < -0.39 is 0 Å². The second kappa shape index (κ2) is 10.5. The van der Waals surface area contributed by atoms with Crippen molar-refractivity contribution in [3.63, 3.8) is 0 Å². The summed E-state index contributed by atoms with van der Waals surface area (Å²) in [6.45, 7) is 8.88. The highest BCUT2D eigenvalue weighted by atomic mass is 16.5. The maximum Gasteiger partial charge on any atom is 0.322 e. The van der Waals surface area contributed by atoms with Gasteiger partial charge in [0.2, 0.25) is 0 Å². The van der Waals surface area contributed by atoms with Gasteiger partial charge in [-0.05, 0) is 31.9 Å². The molecule has 3 rings (SSSR count). The van der Waals surface area contributed by atoms with Gasteiger partial charge in [-0.1, -0.05) is 12.1 Å². The van der Waals surface area contributed by atoms with Crippen LogP contribution in [0.1, 0.15) is 19.8 Å². The fourth-order valence-electron chi connectivity index (χ4n) is 3.56. The number of rotatable bonds is 7. The monoisotopic (exact) mass is 377 g/mol. The van der Waals surface area contributed by atoms with Crippen LogP contribution in [0, 0.1) is 0 Å². The van der Waals surface area contributed by atoms with Crippen LogP contribution in [0.5, 0.6) is 5.75 Å². The van der Waals surface area contributed by atoms with E-state index in [1.807, 2.05) is 36.1 Å². The van der Waals surface area contributed by atoms with Crippen molar-refractivity contribution in [2.75, 3.05) is 64.5 Å². The molecule has 0 unspecified atom stereocenters. The summed E-state index contributed by atoms with van der Waals surface area (Å²) < 4.78 is 16.6. The van der Waals surface area contributed by atoms with E-state index in [1.165, 1.54) is 0 Å². The Bertz CT molecular complexity index is 586. The van der Waals surface area contributed by atoms with Crippen LogP contribution in [-0.2, 0) is 9.47 Å². The summed E-state index contributed by atoms with van der Waals surface area (Å²) >= 11 is 0. The van der Waals surface area contributed by atoms with Crippen molar-refractivity contribution in [3.8, 4) is 5.75 Å². The Labute approximate surface area is 161 Å². The molecule has 1 aromatic carbocycles. The molecule has 1 N–H and O–H groups in total. The number of nitrogens with one attached hydrogen (secondary N) is 1. The molecule has 0 aliphatic carbocycles. The highest BCUT2D eigenvalue weighted by Gasteiger charge is 2.27. The lowest BCUT2D eigenvalue weighted by atomic mass is 10.1. The number of anilines is 1. The molecule has 0 aromatic heterocycles. The number of benzene rings is 1. The molecule has 2 aliphatic rings. The highest BCUT2D eigenvalue weighted by Crippen LogP contribution is 2.25. The molecule has 7 heteroatoms. The predicted octanol–water partition coefficient (Wildman–Crippen LogP) is 2.43. The summed E-state index contributed by atoms with van der Waals surface area (Å²) in [6, 6.07) is 7.72. The van der Waals surface area contributed by atoms with Gasteiger partial charge < -0.3 is 24.4 Å². The maximum atomic E-state index is 13.1. The van der Waals surface area contributed by atoms with Crippen molar-refractivity contribution in [1.82, 2.24) is 9.80 Å². The minimum absolute atomic E-state index is 0.0673. The molecule has 2 heterocycles. The van der Waals surface area contributed by atoms with E-state index in [4.69, 9.17) is 14.2 Å². The molecule has 2 aliphatic heterocycles. The maximum absolute atomic E-state index is 13.1. The van der Waals surface area contributed by atoms with Gasteiger partial charge in [-0.3, -0.25) is 4.90 Å². The SMILES string of the molecule is CCOc1ccccc1NC(=O)N(CCN1CCOCC1)C1CCOCC1. The van der Waals surface area contributed by atoms with E-state index in [9.17, 15) is 4.79 Å². The zero-order valence-corrected chi connectivity index (χ0v) is 16.2. The quantitative estimate of drug-likeness (QED) is 0.791. The Hall–Kier alpha value is -1.83. The minimum atomic E-state index is -0.0673. The zero-order chi connectivity index (χ0) is 18.9. The van der Waals surface area contributed by atoms with Crippen molar-refractivity contribution >= 4 is 11.7 Å². The molecule has 2 amide bonds. The summed E-state index contributed by atoms with van der Waals surface area (Å²) in [7, 11) is 0. The average Bonchev–Trinajstić information content (AvgIpc) is 2.71. The zero-order valence-electron chi connectivity index (χ0n) is 16.2. The molecule has 150 valence electrons. The Morgan fingerprint density at radius 2 is 1.89 bits per heavy atom. The number of carbonyl (C=O) groups excluding carboxylic acids is 1. The Balaban J connectivity index is 1.66. The summed E-state index contributed by atoms with van der Waals surface area (Å²) in [4.78, 5) is 17.4. The molecule has 7 nitrogen and oxygen atoms in total. The van der Waals surface area contributed by atoms with E-state index in [1.54, 1.807) is 0 Å². The topological polar surface area (TPSA) is 63.3 Å². The van der Waals surface area contributed by atoms with Gasteiger partial charge in [0.1, 0.15) is 5.75 Å². The van der Waals surface area contributed by atoms with Crippen LogP contribution in [-0.4, -0.2) is 81.1 Å². The van der Waals surface area contributed by atoms with Crippen molar-refractivity contribution < 1.29 is 19.0 Å². The highest BCUT2D eigenvalue weighted by molar-refractivity contribution is 5.91. The van der Waals surface area contributed by atoms with Crippen molar-refractivity contribution in [3.05, 3.63) is 24.3 Å². The third-order valence-corrected chi connectivity index (χ3v) is 5.08. The van der Waals surface area contributed by atoms with Crippen LogP contribution in [0.15, 0.2) is 24.3 Å². The number of urea groups is 1. The lowest BCUT2D eigenvalue weighted by molar-refractivity contribution is 0.0238. The molecular weight excluding hydrogens is 346 g/mol. The van der Waals surface area contributed by atoms with Gasteiger partial charge in [0.05, 0.1) is 25.5 Å². The fraction of sp³-hybridized carbons (Fsp3) is 0.650. The third-order valence-electron chi connectivity index (χ3n) is 5.08. The Morgan fingerprint density at radius 1 is 1.19 bits per heavy atom. The number of amides is 2. The molecule has 0 saturated carbocycles. The van der Waals surface area contributed by atoms with Crippen molar-refractivity contribution in [1.29, 1.82) is 0 Å². The van der Waals surface area contributed by atoms with Gasteiger partial charge in [-0.25, -0.2) is 4.79 Å². The van der Waals surface area contributed by atoms with Gasteiger partial charge in [0.25, 0.3) is 0 Å². The summed E-state index contributed by atoms with van der Waals surface area (Å²) in [6.07, 6.45) is 1.76. The van der Waals surface area contributed by atoms with Crippen molar-refractivity contribution in [2.24, 2.45) is 0 Å². The molecular formula is C20H31N3O4. The standard InChI is InChI=1S/C20H31N3O4/c1-2-27-19-6-4-3-5-18(19)21-20(24)23(17-7-13-25-14-8-17)10-9-22-11-15-26-16-12-22/h3-6,17H,2,7-16H2,1H3,(H,21,24). The average molecular weight is 377 g/mol. The first-order chi connectivity index (χ1) is 13.3. The molecule has 2 saturated heterocycles. The number of carbonyl (C=O) groups is 1. The fourth-order valence-corrected chi connectivity index (χ4v) is 3.56. The lowest BCUT2D eigenvalue weighted by Gasteiger charge is -2.36. The van der Waals surface area contributed by atoms with Gasteiger partial charge in [0, 0.05) is 45.4 Å². The van der Waals surface area contributed by atoms with E-state index in [0.29, 0.717) is 37.8 Å². The number of ether oxygens (including phenoxy) is 3. The second-order valence-electron chi connectivity index (χ2n) is 6.85. The summed E-state index contributed by atoms with van der Waals surface area (Å²) in [5, 5.41) is 3.06. The molecule has 2 fully saturated rings. The van der Waals surface area contributed by atoms with Gasteiger partial charge in [-0.15, -0.1) is 0 Å². The third kappa shape index (κ3) is 5.82. The number of hydrogen-bond acceptors (Lipinski definition) is 5. The molecule has 0 radical (unpaired) electrons. The van der Waals surface area contributed by atoms with Crippen LogP contribution >= 0.6 is 0 Å². The number of para-hydroxylation sites is 2. The second-order valence-corrected chi connectivity index (χ2v) is 6.85. The van der Waals surface area contributed by atoms with Crippen LogP contribution < -0.4 is 10.1 Å². The number of hydrogen-bond donors (Lipinski definition) is 1. The Morgan fingerprint density at radius 3 is 2.63 bits per heavy atom. The van der Waals surface area contributed by atoms with Gasteiger partial charge in [0.15, 0.2) is 0 Å². The predicted molar refractivity (Wildman–Crippen MR) is 104 cm³/mol. The van der Waals surface area contributed by atoms with E-state index in [2.05, 4.69) is 10.2 Å². The lowest BCUT2D eigenvalue weighted by Crippen LogP contribution is -2.49. The van der Waals surface area contributed by atoms with E-state index >= 15 is 0 Å². The molecule has 1 aromatic rings. The van der Waals surface area contributed by atoms with Crippen molar-refractivity contribution in [2.45, 2.75) is 25.8 Å². The summed E-state index contributed by atoms with van der Waals surface area (Å²) in [5.74, 6) is 0.702. The van der Waals surface area contributed by atoms with E-state index in [-0.39, 0.29) is 12.1 Å². The van der Waals surface area contributed by atoms with Gasteiger partial charge in [-0.2, -0.15) is 0 Å².